The smallest absolute Gasteiger partial charge is 0.241 e. The second-order valence-electron chi connectivity index (χ2n) is 5.47. The van der Waals surface area contributed by atoms with Gasteiger partial charge in [-0.15, -0.1) is 0 Å². The van der Waals surface area contributed by atoms with Crippen LogP contribution in [0.5, 0.6) is 5.75 Å². The van der Waals surface area contributed by atoms with Crippen molar-refractivity contribution in [2.75, 3.05) is 7.11 Å². The summed E-state index contributed by atoms with van der Waals surface area (Å²) in [6.07, 6.45) is 3.92. The Morgan fingerprint density at radius 3 is 2.60 bits per heavy atom. The molecule has 0 unspecified atom stereocenters. The summed E-state index contributed by atoms with van der Waals surface area (Å²) in [5.41, 5.74) is 1.90. The van der Waals surface area contributed by atoms with Gasteiger partial charge in [-0.2, -0.15) is 11.3 Å². The van der Waals surface area contributed by atoms with Crippen LogP contribution in [0.25, 0.3) is 0 Å². The van der Waals surface area contributed by atoms with Crippen molar-refractivity contribution in [1.82, 2.24) is 9.71 Å². The van der Waals surface area contributed by atoms with Crippen molar-refractivity contribution in [3.63, 3.8) is 0 Å². The van der Waals surface area contributed by atoms with Gasteiger partial charge in [-0.3, -0.25) is 4.98 Å². The maximum absolute atomic E-state index is 12.8. The number of nitrogens with zero attached hydrogens (tertiary/aromatic N) is 1. The van der Waals surface area contributed by atoms with E-state index in [0.29, 0.717) is 12.2 Å². The van der Waals surface area contributed by atoms with E-state index in [1.54, 1.807) is 49.0 Å². The Hall–Kier alpha value is -2.22. The molecule has 3 aromatic rings. The number of benzene rings is 1. The van der Waals surface area contributed by atoms with E-state index in [2.05, 4.69) is 9.71 Å². The minimum absolute atomic E-state index is 0.201. The summed E-state index contributed by atoms with van der Waals surface area (Å²) in [7, 11) is -2.12. The van der Waals surface area contributed by atoms with E-state index in [4.69, 9.17) is 4.74 Å². The number of thiophene rings is 1. The summed E-state index contributed by atoms with van der Waals surface area (Å²) in [5.74, 6) is 0.612. The Kier molecular flexibility index (Phi) is 5.47. The third kappa shape index (κ3) is 4.45. The van der Waals surface area contributed by atoms with Crippen LogP contribution in [0.15, 0.2) is 70.5 Å². The summed E-state index contributed by atoms with van der Waals surface area (Å²) in [6.45, 7) is 0. The maximum atomic E-state index is 12.8. The van der Waals surface area contributed by atoms with Crippen LogP contribution in [0, 0.1) is 0 Å². The first-order chi connectivity index (χ1) is 12.1. The third-order valence-electron chi connectivity index (χ3n) is 3.77. The number of ether oxygens (including phenoxy) is 1. The van der Waals surface area contributed by atoms with Crippen molar-refractivity contribution in [2.45, 2.75) is 17.4 Å². The fourth-order valence-electron chi connectivity index (χ4n) is 2.46. The van der Waals surface area contributed by atoms with Gasteiger partial charge >= 0.3 is 0 Å². The van der Waals surface area contributed by atoms with E-state index >= 15 is 0 Å². The first kappa shape index (κ1) is 17.6. The lowest BCUT2D eigenvalue weighted by atomic mass is 10.0. The predicted molar refractivity (Wildman–Crippen MR) is 98.3 cm³/mol. The number of hydrogen-bond donors (Lipinski definition) is 1. The molecule has 0 amide bonds. The zero-order valence-electron chi connectivity index (χ0n) is 13.6. The van der Waals surface area contributed by atoms with E-state index in [-0.39, 0.29) is 4.90 Å². The van der Waals surface area contributed by atoms with Crippen molar-refractivity contribution < 1.29 is 13.2 Å². The van der Waals surface area contributed by atoms with Crippen LogP contribution >= 0.6 is 11.3 Å². The lowest BCUT2D eigenvalue weighted by molar-refractivity contribution is 0.414. The summed E-state index contributed by atoms with van der Waals surface area (Å²) < 4.78 is 33.4. The van der Waals surface area contributed by atoms with Gasteiger partial charge in [0, 0.05) is 12.4 Å². The molecule has 2 aromatic heterocycles. The van der Waals surface area contributed by atoms with Gasteiger partial charge in [0.1, 0.15) is 5.75 Å². The topological polar surface area (TPSA) is 68.3 Å². The summed E-state index contributed by atoms with van der Waals surface area (Å²) in [5, 5.41) is 4.00. The van der Waals surface area contributed by atoms with Gasteiger partial charge in [0.05, 0.1) is 18.0 Å². The van der Waals surface area contributed by atoms with Crippen LogP contribution in [0.3, 0.4) is 0 Å². The standard InChI is InChI=1S/C18H18N2O3S2/c1-23-16-4-6-17(7-5-16)25(21,22)20-18(11-14-8-10-24-13-14)15-3-2-9-19-12-15/h2-10,12-13,18,20H,11H2,1H3/t18-/m0/s1. The zero-order valence-corrected chi connectivity index (χ0v) is 15.3. The molecule has 0 spiro atoms. The molecule has 0 aliphatic carbocycles. The predicted octanol–water partition coefficient (Wildman–Crippen LogP) is 3.41. The molecular weight excluding hydrogens is 356 g/mol. The van der Waals surface area contributed by atoms with Gasteiger partial charge < -0.3 is 4.74 Å². The van der Waals surface area contributed by atoms with Crippen LogP contribution in [-0.2, 0) is 16.4 Å². The van der Waals surface area contributed by atoms with E-state index in [1.165, 1.54) is 12.1 Å². The number of rotatable bonds is 7. The van der Waals surface area contributed by atoms with Gasteiger partial charge in [0.15, 0.2) is 0 Å². The van der Waals surface area contributed by atoms with Crippen LogP contribution in [0.4, 0.5) is 0 Å². The van der Waals surface area contributed by atoms with Crippen molar-refractivity contribution in [2.24, 2.45) is 0 Å². The van der Waals surface area contributed by atoms with Crippen molar-refractivity contribution in [1.29, 1.82) is 0 Å². The van der Waals surface area contributed by atoms with E-state index in [9.17, 15) is 8.42 Å². The molecule has 0 saturated carbocycles. The van der Waals surface area contributed by atoms with Crippen molar-refractivity contribution in [3.05, 3.63) is 76.7 Å². The van der Waals surface area contributed by atoms with Gasteiger partial charge in [-0.05, 0) is 64.7 Å². The van der Waals surface area contributed by atoms with Gasteiger partial charge in [-0.25, -0.2) is 13.1 Å². The number of aromatic nitrogens is 1. The first-order valence-electron chi connectivity index (χ1n) is 7.66. The van der Waals surface area contributed by atoms with E-state index in [1.807, 2.05) is 22.9 Å². The van der Waals surface area contributed by atoms with Crippen LogP contribution in [0.2, 0.25) is 0 Å². The van der Waals surface area contributed by atoms with Gasteiger partial charge in [-0.1, -0.05) is 6.07 Å². The van der Waals surface area contributed by atoms with E-state index < -0.39 is 16.1 Å². The second kappa shape index (κ2) is 7.77. The van der Waals surface area contributed by atoms with Crippen molar-refractivity contribution >= 4 is 21.4 Å². The molecule has 0 bridgehead atoms. The Balaban J connectivity index is 1.87. The Morgan fingerprint density at radius 2 is 2.00 bits per heavy atom. The highest BCUT2D eigenvalue weighted by molar-refractivity contribution is 7.89. The molecule has 0 radical (unpaired) electrons. The molecule has 130 valence electrons. The van der Waals surface area contributed by atoms with E-state index in [0.717, 1.165) is 11.1 Å². The molecule has 0 aliphatic heterocycles. The van der Waals surface area contributed by atoms with Crippen LogP contribution < -0.4 is 9.46 Å². The quantitative estimate of drug-likeness (QED) is 0.688. The Bertz CT molecular complexity index is 893. The molecule has 7 heteroatoms. The number of pyridine rings is 1. The monoisotopic (exact) mass is 374 g/mol. The second-order valence-corrected chi connectivity index (χ2v) is 7.97. The average Bonchev–Trinajstić information content (AvgIpc) is 3.15. The molecule has 1 aromatic carbocycles. The Morgan fingerprint density at radius 1 is 1.20 bits per heavy atom. The summed E-state index contributed by atoms with van der Waals surface area (Å²) in [6, 6.07) is 11.6. The fraction of sp³-hybridized carbons (Fsp3) is 0.167. The zero-order chi connectivity index (χ0) is 17.7. The lowest BCUT2D eigenvalue weighted by Gasteiger charge is -2.19. The molecule has 2 heterocycles. The molecule has 0 saturated heterocycles. The first-order valence-corrected chi connectivity index (χ1v) is 10.1. The molecule has 0 fully saturated rings. The minimum Gasteiger partial charge on any atom is -0.497 e. The highest BCUT2D eigenvalue weighted by Crippen LogP contribution is 2.23. The van der Waals surface area contributed by atoms with Crippen LogP contribution in [-0.4, -0.2) is 20.5 Å². The fourth-order valence-corrected chi connectivity index (χ4v) is 4.37. The normalized spacial score (nSPS) is 12.7. The third-order valence-corrected chi connectivity index (χ3v) is 5.99. The SMILES string of the molecule is COc1ccc(S(=O)(=O)N[C@@H](Cc2ccsc2)c2cccnc2)cc1. The lowest BCUT2D eigenvalue weighted by Crippen LogP contribution is -2.30. The average molecular weight is 374 g/mol. The molecule has 1 N–H and O–H groups in total. The largest absolute Gasteiger partial charge is 0.497 e. The highest BCUT2D eigenvalue weighted by atomic mass is 32.2. The van der Waals surface area contributed by atoms with Crippen LogP contribution in [0.1, 0.15) is 17.2 Å². The highest BCUT2D eigenvalue weighted by Gasteiger charge is 2.22. The Labute approximate surface area is 151 Å². The molecule has 3 rings (SSSR count). The molecule has 25 heavy (non-hydrogen) atoms. The summed E-state index contributed by atoms with van der Waals surface area (Å²) >= 11 is 1.59. The molecule has 5 nitrogen and oxygen atoms in total. The summed E-state index contributed by atoms with van der Waals surface area (Å²) in [4.78, 5) is 4.31. The van der Waals surface area contributed by atoms with Gasteiger partial charge in [0.2, 0.25) is 10.0 Å². The number of sulfonamides is 1. The van der Waals surface area contributed by atoms with Gasteiger partial charge in [0.25, 0.3) is 0 Å². The minimum atomic E-state index is -3.67. The molecule has 0 aliphatic rings. The molecule has 1 atom stereocenters. The van der Waals surface area contributed by atoms with Crippen molar-refractivity contribution in [3.8, 4) is 5.75 Å². The molecular formula is C18H18N2O3S2. The number of hydrogen-bond acceptors (Lipinski definition) is 5. The maximum Gasteiger partial charge on any atom is 0.241 e. The number of nitrogens with one attached hydrogen (secondary N) is 1. The number of methoxy groups -OCH3 is 1.